The Morgan fingerprint density at radius 3 is 2.56 bits per heavy atom. The van der Waals surface area contributed by atoms with E-state index < -0.39 is 0 Å². The summed E-state index contributed by atoms with van der Waals surface area (Å²) in [6.07, 6.45) is 2.90. The van der Waals surface area contributed by atoms with E-state index in [2.05, 4.69) is 57.4 Å². The van der Waals surface area contributed by atoms with Gasteiger partial charge in [-0.1, -0.05) is 37.3 Å². The first kappa shape index (κ1) is 13.2. The molecule has 0 aliphatic heterocycles. The number of nitrogens with zero attached hydrogens (tertiary/aromatic N) is 1. The SMILES string of the molecule is CCC(NCc1ccc(Br)cn1)c1ccccc1. The topological polar surface area (TPSA) is 24.9 Å². The molecule has 0 radical (unpaired) electrons. The molecule has 1 unspecified atom stereocenters. The molecule has 0 saturated carbocycles. The highest BCUT2D eigenvalue weighted by atomic mass is 79.9. The van der Waals surface area contributed by atoms with Crippen LogP contribution >= 0.6 is 15.9 Å². The van der Waals surface area contributed by atoms with Crippen LogP contribution in [-0.4, -0.2) is 4.98 Å². The molecule has 0 amide bonds. The van der Waals surface area contributed by atoms with Crippen LogP contribution < -0.4 is 5.32 Å². The first-order chi connectivity index (χ1) is 8.79. The molecule has 2 aromatic rings. The molecule has 2 rings (SSSR count). The molecule has 0 aliphatic rings. The Morgan fingerprint density at radius 2 is 1.94 bits per heavy atom. The van der Waals surface area contributed by atoms with Crippen molar-refractivity contribution in [3.8, 4) is 0 Å². The van der Waals surface area contributed by atoms with Crippen molar-refractivity contribution >= 4 is 15.9 Å². The van der Waals surface area contributed by atoms with Gasteiger partial charge in [-0.15, -0.1) is 0 Å². The summed E-state index contributed by atoms with van der Waals surface area (Å²) in [6, 6.07) is 15.0. The van der Waals surface area contributed by atoms with Crippen LogP contribution in [0.15, 0.2) is 53.1 Å². The molecule has 18 heavy (non-hydrogen) atoms. The first-order valence-electron chi connectivity index (χ1n) is 6.18. The molecular formula is C15H17BrN2. The van der Waals surface area contributed by atoms with Gasteiger partial charge in [0.15, 0.2) is 0 Å². The average Bonchev–Trinajstić information content (AvgIpc) is 2.43. The lowest BCUT2D eigenvalue weighted by molar-refractivity contribution is 0.514. The zero-order valence-corrected chi connectivity index (χ0v) is 12.0. The van der Waals surface area contributed by atoms with E-state index in [4.69, 9.17) is 0 Å². The van der Waals surface area contributed by atoms with Gasteiger partial charge in [-0.2, -0.15) is 0 Å². The van der Waals surface area contributed by atoms with Gasteiger partial charge in [-0.25, -0.2) is 0 Å². The quantitative estimate of drug-likeness (QED) is 0.900. The maximum Gasteiger partial charge on any atom is 0.0542 e. The molecule has 0 bridgehead atoms. The largest absolute Gasteiger partial charge is 0.304 e. The fraction of sp³-hybridized carbons (Fsp3) is 0.267. The summed E-state index contributed by atoms with van der Waals surface area (Å²) in [6.45, 7) is 2.99. The van der Waals surface area contributed by atoms with Crippen LogP contribution in [0.4, 0.5) is 0 Å². The molecule has 0 spiro atoms. The van der Waals surface area contributed by atoms with Crippen LogP contribution in [0.2, 0.25) is 0 Å². The van der Waals surface area contributed by atoms with Crippen LogP contribution in [0.25, 0.3) is 0 Å². The van der Waals surface area contributed by atoms with E-state index in [0.717, 1.165) is 23.1 Å². The van der Waals surface area contributed by atoms with Crippen LogP contribution in [0.5, 0.6) is 0 Å². The van der Waals surface area contributed by atoms with Crippen molar-refractivity contribution in [2.24, 2.45) is 0 Å². The molecule has 0 fully saturated rings. The van der Waals surface area contributed by atoms with Crippen molar-refractivity contribution in [2.45, 2.75) is 25.9 Å². The second kappa shape index (κ2) is 6.66. The molecule has 2 nitrogen and oxygen atoms in total. The zero-order chi connectivity index (χ0) is 12.8. The molecule has 3 heteroatoms. The number of pyridine rings is 1. The second-order valence-corrected chi connectivity index (χ2v) is 5.14. The highest BCUT2D eigenvalue weighted by Crippen LogP contribution is 2.16. The van der Waals surface area contributed by atoms with Gasteiger partial charge in [0.25, 0.3) is 0 Å². The Kier molecular flexibility index (Phi) is 4.90. The highest BCUT2D eigenvalue weighted by Gasteiger charge is 2.07. The van der Waals surface area contributed by atoms with Crippen molar-refractivity contribution < 1.29 is 0 Å². The summed E-state index contributed by atoms with van der Waals surface area (Å²) in [7, 11) is 0. The fourth-order valence-electron chi connectivity index (χ4n) is 1.92. The van der Waals surface area contributed by atoms with E-state index in [1.54, 1.807) is 0 Å². The predicted molar refractivity (Wildman–Crippen MR) is 78.3 cm³/mol. The molecule has 0 aliphatic carbocycles. The van der Waals surface area contributed by atoms with Gasteiger partial charge in [0.1, 0.15) is 0 Å². The molecule has 0 saturated heterocycles. The Bertz CT molecular complexity index is 468. The van der Waals surface area contributed by atoms with Crippen molar-refractivity contribution in [3.63, 3.8) is 0 Å². The summed E-state index contributed by atoms with van der Waals surface area (Å²) in [5.74, 6) is 0. The number of aromatic nitrogens is 1. The third kappa shape index (κ3) is 3.65. The lowest BCUT2D eigenvalue weighted by atomic mass is 10.0. The minimum atomic E-state index is 0.386. The van der Waals surface area contributed by atoms with Crippen molar-refractivity contribution in [3.05, 3.63) is 64.4 Å². The summed E-state index contributed by atoms with van der Waals surface area (Å²) in [5.41, 5.74) is 2.39. The normalized spacial score (nSPS) is 12.3. The van der Waals surface area contributed by atoms with Gasteiger partial charge in [0, 0.05) is 23.3 Å². The molecule has 94 valence electrons. The van der Waals surface area contributed by atoms with Gasteiger partial charge >= 0.3 is 0 Å². The molecule has 1 heterocycles. The van der Waals surface area contributed by atoms with Crippen LogP contribution in [0.3, 0.4) is 0 Å². The Labute approximate surface area is 117 Å². The van der Waals surface area contributed by atoms with E-state index in [0.29, 0.717) is 6.04 Å². The van der Waals surface area contributed by atoms with Crippen LogP contribution in [-0.2, 0) is 6.54 Å². The maximum absolute atomic E-state index is 4.37. The molecular weight excluding hydrogens is 288 g/mol. The molecule has 1 aromatic carbocycles. The van der Waals surface area contributed by atoms with Gasteiger partial charge in [-0.05, 0) is 40.0 Å². The summed E-state index contributed by atoms with van der Waals surface area (Å²) < 4.78 is 1.02. The van der Waals surface area contributed by atoms with E-state index in [9.17, 15) is 0 Å². The third-order valence-electron chi connectivity index (χ3n) is 2.93. The smallest absolute Gasteiger partial charge is 0.0542 e. The minimum Gasteiger partial charge on any atom is -0.304 e. The van der Waals surface area contributed by atoms with E-state index in [-0.39, 0.29) is 0 Å². The summed E-state index contributed by atoms with van der Waals surface area (Å²) in [5, 5.41) is 3.54. The Morgan fingerprint density at radius 1 is 1.17 bits per heavy atom. The average molecular weight is 305 g/mol. The number of hydrogen-bond donors (Lipinski definition) is 1. The van der Waals surface area contributed by atoms with Gasteiger partial charge < -0.3 is 5.32 Å². The number of hydrogen-bond acceptors (Lipinski definition) is 2. The van der Waals surface area contributed by atoms with E-state index >= 15 is 0 Å². The molecule has 1 atom stereocenters. The third-order valence-corrected chi connectivity index (χ3v) is 3.40. The zero-order valence-electron chi connectivity index (χ0n) is 10.4. The summed E-state index contributed by atoms with van der Waals surface area (Å²) >= 11 is 3.39. The minimum absolute atomic E-state index is 0.386. The van der Waals surface area contributed by atoms with Gasteiger partial charge in [-0.3, -0.25) is 4.98 Å². The highest BCUT2D eigenvalue weighted by molar-refractivity contribution is 9.10. The molecule has 1 aromatic heterocycles. The van der Waals surface area contributed by atoms with Crippen molar-refractivity contribution in [2.75, 3.05) is 0 Å². The standard InChI is InChI=1S/C15H17BrN2/c1-2-15(12-6-4-3-5-7-12)18-11-14-9-8-13(16)10-17-14/h3-10,15,18H,2,11H2,1H3. The number of benzene rings is 1. The Balaban J connectivity index is 1.97. The lowest BCUT2D eigenvalue weighted by Crippen LogP contribution is -2.20. The maximum atomic E-state index is 4.37. The van der Waals surface area contributed by atoms with Crippen molar-refractivity contribution in [1.82, 2.24) is 10.3 Å². The van der Waals surface area contributed by atoms with Gasteiger partial charge in [0.05, 0.1) is 5.69 Å². The lowest BCUT2D eigenvalue weighted by Gasteiger charge is -2.17. The Hall–Kier alpha value is -1.19. The molecule has 1 N–H and O–H groups in total. The predicted octanol–water partition coefficient (Wildman–Crippen LogP) is 4.09. The fourth-order valence-corrected chi connectivity index (χ4v) is 2.16. The number of halogens is 1. The number of rotatable bonds is 5. The monoisotopic (exact) mass is 304 g/mol. The van der Waals surface area contributed by atoms with E-state index in [1.165, 1.54) is 5.56 Å². The van der Waals surface area contributed by atoms with Crippen molar-refractivity contribution in [1.29, 1.82) is 0 Å². The summed E-state index contributed by atoms with van der Waals surface area (Å²) in [4.78, 5) is 4.37. The van der Waals surface area contributed by atoms with Crippen LogP contribution in [0, 0.1) is 0 Å². The second-order valence-electron chi connectivity index (χ2n) is 4.22. The van der Waals surface area contributed by atoms with Crippen LogP contribution in [0.1, 0.15) is 30.6 Å². The first-order valence-corrected chi connectivity index (χ1v) is 6.97. The van der Waals surface area contributed by atoms with Gasteiger partial charge in [0.2, 0.25) is 0 Å². The van der Waals surface area contributed by atoms with E-state index in [1.807, 2.05) is 24.4 Å². The number of nitrogens with one attached hydrogen (secondary N) is 1.